The summed E-state index contributed by atoms with van der Waals surface area (Å²) in [4.78, 5) is 11.1. The minimum absolute atomic E-state index is 0.690. The largest absolute Gasteiger partial charge is 0.328 e. The normalized spacial score (nSPS) is 14.2. The van der Waals surface area contributed by atoms with E-state index < -0.39 is 0 Å². The van der Waals surface area contributed by atoms with Gasteiger partial charge in [0.05, 0.1) is 11.9 Å². The zero-order valence-corrected chi connectivity index (χ0v) is 12.7. The molecule has 1 aliphatic rings. The van der Waals surface area contributed by atoms with Gasteiger partial charge in [-0.2, -0.15) is 0 Å². The van der Waals surface area contributed by atoms with Crippen LogP contribution in [0.1, 0.15) is 31.0 Å². The van der Waals surface area contributed by atoms with Crippen molar-refractivity contribution in [3.63, 3.8) is 0 Å². The van der Waals surface area contributed by atoms with Gasteiger partial charge in [-0.1, -0.05) is 19.1 Å². The van der Waals surface area contributed by atoms with E-state index in [0.29, 0.717) is 6.04 Å². The Labute approximate surface area is 126 Å². The maximum absolute atomic E-state index is 4.69. The van der Waals surface area contributed by atoms with E-state index in [1.807, 2.05) is 19.4 Å². The van der Waals surface area contributed by atoms with Gasteiger partial charge in [0.15, 0.2) is 5.82 Å². The highest BCUT2D eigenvalue weighted by Crippen LogP contribution is 2.22. The summed E-state index contributed by atoms with van der Waals surface area (Å²) in [6, 6.07) is 9.29. The van der Waals surface area contributed by atoms with Gasteiger partial charge in [0.25, 0.3) is 0 Å². The van der Waals surface area contributed by atoms with Gasteiger partial charge < -0.3 is 10.2 Å². The van der Waals surface area contributed by atoms with E-state index in [-0.39, 0.29) is 0 Å². The number of nitrogens with one attached hydrogen (secondary N) is 1. The Morgan fingerprint density at radius 1 is 1.19 bits per heavy atom. The highest BCUT2D eigenvalue weighted by Gasteiger charge is 2.20. The van der Waals surface area contributed by atoms with Gasteiger partial charge in [-0.3, -0.25) is 4.98 Å². The van der Waals surface area contributed by atoms with E-state index in [2.05, 4.69) is 46.4 Å². The lowest BCUT2D eigenvalue weighted by atomic mass is 10.1. The number of rotatable bonds is 6. The molecule has 4 heteroatoms. The molecule has 4 nitrogen and oxygen atoms in total. The molecule has 0 aliphatic heterocycles. The van der Waals surface area contributed by atoms with E-state index in [0.717, 1.165) is 30.2 Å². The summed E-state index contributed by atoms with van der Waals surface area (Å²) in [5, 5.41) is 3.47. The van der Waals surface area contributed by atoms with Gasteiger partial charge in [0.1, 0.15) is 0 Å². The third-order valence-corrected chi connectivity index (χ3v) is 3.90. The fraction of sp³-hybridized carbons (Fsp3) is 0.412. The Kier molecular flexibility index (Phi) is 4.15. The molecule has 1 heterocycles. The van der Waals surface area contributed by atoms with Crippen LogP contribution in [0.25, 0.3) is 0 Å². The molecule has 0 amide bonds. The lowest BCUT2D eigenvalue weighted by molar-refractivity contribution is 0.671. The summed E-state index contributed by atoms with van der Waals surface area (Å²) in [5.74, 6) is 0.884. The molecule has 0 saturated heterocycles. The van der Waals surface area contributed by atoms with Crippen LogP contribution in [0.4, 0.5) is 11.5 Å². The Balaban J connectivity index is 1.72. The molecule has 0 spiro atoms. The van der Waals surface area contributed by atoms with Gasteiger partial charge in [0, 0.05) is 31.5 Å². The van der Waals surface area contributed by atoms with E-state index in [9.17, 15) is 0 Å². The van der Waals surface area contributed by atoms with Crippen molar-refractivity contribution in [3.05, 3.63) is 47.9 Å². The molecule has 1 aliphatic carbocycles. The third kappa shape index (κ3) is 3.58. The summed E-state index contributed by atoms with van der Waals surface area (Å²) in [6.45, 7) is 2.97. The van der Waals surface area contributed by atoms with E-state index in [1.165, 1.54) is 18.4 Å². The zero-order chi connectivity index (χ0) is 14.7. The summed E-state index contributed by atoms with van der Waals surface area (Å²) >= 11 is 0. The molecule has 21 heavy (non-hydrogen) atoms. The maximum atomic E-state index is 4.69. The number of anilines is 2. The van der Waals surface area contributed by atoms with Crippen LogP contribution in [0.3, 0.4) is 0 Å². The van der Waals surface area contributed by atoms with Crippen molar-refractivity contribution < 1.29 is 0 Å². The highest BCUT2D eigenvalue weighted by atomic mass is 15.2. The standard InChI is InChI=1S/C17H22N4/c1-3-13-4-8-16(9-5-13)21(2)17-12-18-10-15(20-17)11-19-14-6-7-14/h4-5,8-10,12,14,19H,3,6-7,11H2,1-2H3. The Bertz CT molecular complexity index is 590. The van der Waals surface area contributed by atoms with E-state index in [1.54, 1.807) is 0 Å². The Hall–Kier alpha value is -1.94. The van der Waals surface area contributed by atoms with Crippen LogP contribution in [-0.2, 0) is 13.0 Å². The van der Waals surface area contributed by atoms with Crippen molar-refractivity contribution in [2.75, 3.05) is 11.9 Å². The first-order valence-corrected chi connectivity index (χ1v) is 7.63. The first-order chi connectivity index (χ1) is 10.3. The highest BCUT2D eigenvalue weighted by molar-refractivity contribution is 5.58. The van der Waals surface area contributed by atoms with E-state index in [4.69, 9.17) is 4.98 Å². The van der Waals surface area contributed by atoms with Gasteiger partial charge in [-0.05, 0) is 37.0 Å². The fourth-order valence-electron chi connectivity index (χ4n) is 2.27. The van der Waals surface area contributed by atoms with E-state index >= 15 is 0 Å². The second-order valence-corrected chi connectivity index (χ2v) is 5.60. The molecule has 1 aromatic heterocycles. The Morgan fingerprint density at radius 2 is 1.95 bits per heavy atom. The van der Waals surface area contributed by atoms with Gasteiger partial charge >= 0.3 is 0 Å². The molecule has 0 radical (unpaired) electrons. The number of aryl methyl sites for hydroxylation is 1. The summed E-state index contributed by atoms with van der Waals surface area (Å²) in [7, 11) is 2.03. The smallest absolute Gasteiger partial charge is 0.151 e. The van der Waals surface area contributed by atoms with Crippen LogP contribution in [0.5, 0.6) is 0 Å². The van der Waals surface area contributed by atoms with Gasteiger partial charge in [-0.15, -0.1) is 0 Å². The van der Waals surface area contributed by atoms with Crippen LogP contribution in [0.2, 0.25) is 0 Å². The molecular weight excluding hydrogens is 260 g/mol. The van der Waals surface area contributed by atoms with Crippen LogP contribution in [0.15, 0.2) is 36.7 Å². The molecule has 0 bridgehead atoms. The summed E-state index contributed by atoms with van der Waals surface area (Å²) in [5.41, 5.74) is 3.48. The predicted octanol–water partition coefficient (Wildman–Crippen LogP) is 3.06. The topological polar surface area (TPSA) is 41.1 Å². The lowest BCUT2D eigenvalue weighted by Gasteiger charge is -2.19. The van der Waals surface area contributed by atoms with Crippen molar-refractivity contribution in [1.29, 1.82) is 0 Å². The first-order valence-electron chi connectivity index (χ1n) is 7.63. The van der Waals surface area contributed by atoms with Crippen molar-refractivity contribution in [2.45, 2.75) is 38.8 Å². The first kappa shape index (κ1) is 14.0. The average molecular weight is 282 g/mol. The van der Waals surface area contributed by atoms with Crippen molar-refractivity contribution in [2.24, 2.45) is 0 Å². The van der Waals surface area contributed by atoms with Crippen molar-refractivity contribution >= 4 is 11.5 Å². The SMILES string of the molecule is CCc1ccc(N(C)c2cncc(CNC3CC3)n2)cc1. The molecule has 1 saturated carbocycles. The fourth-order valence-corrected chi connectivity index (χ4v) is 2.27. The maximum Gasteiger partial charge on any atom is 0.151 e. The third-order valence-electron chi connectivity index (χ3n) is 3.90. The molecule has 0 unspecified atom stereocenters. The summed E-state index contributed by atoms with van der Waals surface area (Å²) in [6.07, 6.45) is 7.29. The molecular formula is C17H22N4. The monoisotopic (exact) mass is 282 g/mol. The quantitative estimate of drug-likeness (QED) is 0.884. The summed E-state index contributed by atoms with van der Waals surface area (Å²) < 4.78 is 0. The van der Waals surface area contributed by atoms with Crippen LogP contribution in [-0.4, -0.2) is 23.1 Å². The minimum atomic E-state index is 0.690. The second kappa shape index (κ2) is 6.22. The zero-order valence-electron chi connectivity index (χ0n) is 12.7. The molecule has 1 fully saturated rings. The van der Waals surface area contributed by atoms with Gasteiger partial charge in [0.2, 0.25) is 0 Å². The minimum Gasteiger partial charge on any atom is -0.328 e. The molecule has 2 aromatic rings. The lowest BCUT2D eigenvalue weighted by Crippen LogP contribution is -2.18. The van der Waals surface area contributed by atoms with Crippen molar-refractivity contribution in [3.8, 4) is 0 Å². The van der Waals surface area contributed by atoms with Crippen LogP contribution < -0.4 is 10.2 Å². The molecule has 3 rings (SSSR count). The molecule has 110 valence electrons. The van der Waals surface area contributed by atoms with Crippen LogP contribution in [0, 0.1) is 0 Å². The van der Waals surface area contributed by atoms with Crippen LogP contribution >= 0.6 is 0 Å². The predicted molar refractivity (Wildman–Crippen MR) is 85.8 cm³/mol. The average Bonchev–Trinajstić information content (AvgIpc) is 3.37. The number of hydrogen-bond donors (Lipinski definition) is 1. The number of aromatic nitrogens is 2. The number of hydrogen-bond acceptors (Lipinski definition) is 4. The number of nitrogens with zero attached hydrogens (tertiary/aromatic N) is 3. The second-order valence-electron chi connectivity index (χ2n) is 5.60. The number of benzene rings is 1. The van der Waals surface area contributed by atoms with Gasteiger partial charge in [-0.25, -0.2) is 4.98 Å². The molecule has 0 atom stereocenters. The molecule has 1 aromatic carbocycles. The molecule has 1 N–H and O–H groups in total. The van der Waals surface area contributed by atoms with Crippen molar-refractivity contribution in [1.82, 2.24) is 15.3 Å². The Morgan fingerprint density at radius 3 is 2.62 bits per heavy atom.